The van der Waals surface area contributed by atoms with Crippen molar-refractivity contribution >= 4 is 5.70 Å². The van der Waals surface area contributed by atoms with Crippen molar-refractivity contribution in [3.05, 3.63) is 77.9 Å². The van der Waals surface area contributed by atoms with Gasteiger partial charge in [-0.15, -0.1) is 0 Å². The predicted octanol–water partition coefficient (Wildman–Crippen LogP) is 4.54. The van der Waals surface area contributed by atoms with E-state index in [0.29, 0.717) is 6.04 Å². The molecule has 96 valence electrons. The third kappa shape index (κ3) is 2.87. The van der Waals surface area contributed by atoms with Gasteiger partial charge in [-0.1, -0.05) is 66.7 Å². The second-order valence-corrected chi connectivity index (χ2v) is 5.02. The highest BCUT2D eigenvalue weighted by atomic mass is 14.9. The zero-order chi connectivity index (χ0) is 12.9. The van der Waals surface area contributed by atoms with Crippen molar-refractivity contribution in [3.8, 4) is 0 Å². The fourth-order valence-corrected chi connectivity index (χ4v) is 2.64. The van der Waals surface area contributed by atoms with Gasteiger partial charge < -0.3 is 5.32 Å². The van der Waals surface area contributed by atoms with Gasteiger partial charge >= 0.3 is 0 Å². The molecule has 0 aliphatic carbocycles. The third-order valence-corrected chi connectivity index (χ3v) is 3.66. The van der Waals surface area contributed by atoms with Gasteiger partial charge in [-0.05, 0) is 30.4 Å². The topological polar surface area (TPSA) is 12.0 Å². The maximum atomic E-state index is 3.71. The van der Waals surface area contributed by atoms with Gasteiger partial charge in [0.05, 0.1) is 6.04 Å². The Morgan fingerprint density at radius 2 is 1.53 bits per heavy atom. The van der Waals surface area contributed by atoms with Crippen LogP contribution in [-0.4, -0.2) is 0 Å². The van der Waals surface area contributed by atoms with Crippen LogP contribution in [0.1, 0.15) is 36.4 Å². The van der Waals surface area contributed by atoms with Crippen LogP contribution in [0.4, 0.5) is 0 Å². The second kappa shape index (κ2) is 5.75. The molecule has 3 rings (SSSR count). The molecule has 0 saturated carbocycles. The highest BCUT2D eigenvalue weighted by Crippen LogP contribution is 2.27. The summed E-state index contributed by atoms with van der Waals surface area (Å²) in [6.07, 6.45) is 5.92. The molecule has 1 aliphatic heterocycles. The quantitative estimate of drug-likeness (QED) is 0.823. The van der Waals surface area contributed by atoms with Crippen LogP contribution in [0, 0.1) is 0 Å². The summed E-state index contributed by atoms with van der Waals surface area (Å²) in [6, 6.07) is 21.8. The summed E-state index contributed by atoms with van der Waals surface area (Å²) in [5.41, 5.74) is 3.93. The molecular weight excluding hydrogens is 230 g/mol. The Morgan fingerprint density at radius 3 is 2.26 bits per heavy atom. The van der Waals surface area contributed by atoms with Gasteiger partial charge in [-0.2, -0.15) is 0 Å². The van der Waals surface area contributed by atoms with Crippen molar-refractivity contribution in [1.82, 2.24) is 5.32 Å². The number of hydrogen-bond donors (Lipinski definition) is 1. The standard InChI is InChI=1S/C18H19N/c1-3-9-15(10-4-1)17-13-7-8-14-18(19-17)16-11-5-2-6-12-16/h1-6,9-13,18-19H,7-8,14H2. The zero-order valence-electron chi connectivity index (χ0n) is 11.0. The Morgan fingerprint density at radius 1 is 0.842 bits per heavy atom. The third-order valence-electron chi connectivity index (χ3n) is 3.66. The van der Waals surface area contributed by atoms with E-state index < -0.39 is 0 Å². The molecule has 0 aromatic heterocycles. The summed E-state index contributed by atoms with van der Waals surface area (Å²) in [6.45, 7) is 0. The minimum absolute atomic E-state index is 0.426. The lowest BCUT2D eigenvalue weighted by molar-refractivity contribution is 0.572. The molecule has 2 aromatic rings. The number of hydrogen-bond acceptors (Lipinski definition) is 1. The van der Waals surface area contributed by atoms with Crippen LogP contribution in [0.3, 0.4) is 0 Å². The molecule has 19 heavy (non-hydrogen) atoms. The van der Waals surface area contributed by atoms with E-state index in [1.54, 1.807) is 0 Å². The number of nitrogens with one attached hydrogen (secondary N) is 1. The molecule has 0 fully saturated rings. The average Bonchev–Trinajstić information content (AvgIpc) is 2.75. The van der Waals surface area contributed by atoms with Crippen LogP contribution in [0.5, 0.6) is 0 Å². The molecule has 0 saturated heterocycles. The second-order valence-electron chi connectivity index (χ2n) is 5.02. The van der Waals surface area contributed by atoms with Crippen LogP contribution in [0.15, 0.2) is 66.7 Å². The lowest BCUT2D eigenvalue weighted by atomic mass is 10.0. The van der Waals surface area contributed by atoms with E-state index in [4.69, 9.17) is 0 Å². The molecule has 1 aliphatic rings. The van der Waals surface area contributed by atoms with E-state index >= 15 is 0 Å². The van der Waals surface area contributed by atoms with Gasteiger partial charge in [0.1, 0.15) is 0 Å². The summed E-state index contributed by atoms with van der Waals surface area (Å²) >= 11 is 0. The van der Waals surface area contributed by atoms with Crippen LogP contribution in [-0.2, 0) is 0 Å². The molecule has 1 atom stereocenters. The van der Waals surface area contributed by atoms with Gasteiger partial charge in [0, 0.05) is 5.70 Å². The summed E-state index contributed by atoms with van der Waals surface area (Å²) in [7, 11) is 0. The molecule has 0 amide bonds. The average molecular weight is 249 g/mol. The molecule has 0 bridgehead atoms. The van der Waals surface area contributed by atoms with Crippen molar-refractivity contribution in [2.24, 2.45) is 0 Å². The summed E-state index contributed by atoms with van der Waals surface area (Å²) in [5.74, 6) is 0. The Bertz CT molecular complexity index is 542. The van der Waals surface area contributed by atoms with E-state index in [-0.39, 0.29) is 0 Å². The number of benzene rings is 2. The lowest BCUT2D eigenvalue weighted by Gasteiger charge is -2.20. The summed E-state index contributed by atoms with van der Waals surface area (Å²) < 4.78 is 0. The molecule has 1 N–H and O–H groups in total. The van der Waals surface area contributed by atoms with Gasteiger partial charge in [-0.25, -0.2) is 0 Å². The molecule has 1 heteroatoms. The van der Waals surface area contributed by atoms with Gasteiger partial charge in [0.15, 0.2) is 0 Å². The minimum atomic E-state index is 0.426. The summed E-state index contributed by atoms with van der Waals surface area (Å²) in [5, 5.41) is 3.71. The van der Waals surface area contributed by atoms with Gasteiger partial charge in [0.2, 0.25) is 0 Å². The van der Waals surface area contributed by atoms with Crippen LogP contribution >= 0.6 is 0 Å². The van der Waals surface area contributed by atoms with Crippen LogP contribution < -0.4 is 5.32 Å². The first-order chi connectivity index (χ1) is 9.43. The normalized spacial score (nSPS) is 19.2. The fourth-order valence-electron chi connectivity index (χ4n) is 2.64. The SMILES string of the molecule is C1=C(c2ccccc2)NC(c2ccccc2)CCC1. The van der Waals surface area contributed by atoms with Crippen molar-refractivity contribution in [2.45, 2.75) is 25.3 Å². The zero-order valence-corrected chi connectivity index (χ0v) is 11.0. The van der Waals surface area contributed by atoms with Crippen molar-refractivity contribution in [2.75, 3.05) is 0 Å². The summed E-state index contributed by atoms with van der Waals surface area (Å²) in [4.78, 5) is 0. The maximum Gasteiger partial charge on any atom is 0.0514 e. The first-order valence-corrected chi connectivity index (χ1v) is 7.00. The lowest BCUT2D eigenvalue weighted by Crippen LogP contribution is -2.18. The Labute approximate surface area is 115 Å². The first kappa shape index (κ1) is 12.0. The van der Waals surface area contributed by atoms with Crippen molar-refractivity contribution < 1.29 is 0 Å². The Hall–Kier alpha value is -2.02. The van der Waals surface area contributed by atoms with E-state index in [9.17, 15) is 0 Å². The van der Waals surface area contributed by atoms with E-state index in [2.05, 4.69) is 72.1 Å². The maximum absolute atomic E-state index is 3.71. The number of rotatable bonds is 2. The smallest absolute Gasteiger partial charge is 0.0514 e. The van der Waals surface area contributed by atoms with Crippen LogP contribution in [0.2, 0.25) is 0 Å². The van der Waals surface area contributed by atoms with Gasteiger partial charge in [0.25, 0.3) is 0 Å². The highest BCUT2D eigenvalue weighted by molar-refractivity contribution is 5.64. The highest BCUT2D eigenvalue weighted by Gasteiger charge is 2.15. The molecular formula is C18H19N. The Balaban J connectivity index is 1.85. The molecule has 1 unspecified atom stereocenters. The number of allylic oxidation sites excluding steroid dienone is 1. The molecule has 1 heterocycles. The molecule has 0 radical (unpaired) electrons. The molecule has 2 aromatic carbocycles. The van der Waals surface area contributed by atoms with E-state index in [1.807, 2.05) is 0 Å². The van der Waals surface area contributed by atoms with E-state index in [0.717, 1.165) is 6.42 Å². The van der Waals surface area contributed by atoms with E-state index in [1.165, 1.54) is 29.7 Å². The predicted molar refractivity (Wildman–Crippen MR) is 80.6 cm³/mol. The first-order valence-electron chi connectivity index (χ1n) is 7.00. The molecule has 1 nitrogen and oxygen atoms in total. The Kier molecular flexibility index (Phi) is 3.64. The van der Waals surface area contributed by atoms with Gasteiger partial charge in [-0.3, -0.25) is 0 Å². The monoisotopic (exact) mass is 249 g/mol. The minimum Gasteiger partial charge on any atom is -0.378 e. The molecule has 0 spiro atoms. The largest absolute Gasteiger partial charge is 0.378 e. The van der Waals surface area contributed by atoms with Crippen molar-refractivity contribution in [3.63, 3.8) is 0 Å². The van der Waals surface area contributed by atoms with Crippen LogP contribution in [0.25, 0.3) is 5.70 Å². The van der Waals surface area contributed by atoms with Crippen molar-refractivity contribution in [1.29, 1.82) is 0 Å². The fraction of sp³-hybridized carbons (Fsp3) is 0.222.